The number of carbonyl (C=O) groups is 1. The van der Waals surface area contributed by atoms with Crippen molar-refractivity contribution in [2.75, 3.05) is 0 Å². The highest BCUT2D eigenvalue weighted by molar-refractivity contribution is 5.90. The van der Waals surface area contributed by atoms with Gasteiger partial charge in [-0.2, -0.15) is 0 Å². The van der Waals surface area contributed by atoms with E-state index in [1.54, 1.807) is 12.4 Å². The number of carbonyl (C=O) groups excluding carboxylic acids is 1. The van der Waals surface area contributed by atoms with Gasteiger partial charge in [-0.1, -0.05) is 6.92 Å². The number of aryl methyl sites for hydroxylation is 1. The van der Waals surface area contributed by atoms with Crippen molar-refractivity contribution < 1.29 is 4.79 Å². The predicted molar refractivity (Wildman–Crippen MR) is 41.4 cm³/mol. The number of ketones is 1. The van der Waals surface area contributed by atoms with Crippen molar-refractivity contribution in [3.63, 3.8) is 0 Å². The molecule has 0 N–H and O–H groups in total. The van der Waals surface area contributed by atoms with Gasteiger partial charge in [-0.3, -0.25) is 4.79 Å². The van der Waals surface area contributed by atoms with Crippen molar-refractivity contribution in [2.45, 2.75) is 20.3 Å². The molecule has 0 aliphatic rings. The molecule has 1 rings (SSSR count). The van der Waals surface area contributed by atoms with E-state index in [2.05, 4.69) is 9.97 Å². The molecule has 0 aliphatic heterocycles. The zero-order valence-electron chi connectivity index (χ0n) is 6.66. The van der Waals surface area contributed by atoms with Gasteiger partial charge in [0, 0.05) is 19.3 Å². The van der Waals surface area contributed by atoms with E-state index in [-0.39, 0.29) is 5.78 Å². The summed E-state index contributed by atoms with van der Waals surface area (Å²) in [5.74, 6) is 0.204. The summed E-state index contributed by atoms with van der Waals surface area (Å²) in [4.78, 5) is 18.5. The highest BCUT2D eigenvalue weighted by Gasteiger charge is 2.00. The molecule has 3 heteroatoms. The summed E-state index contributed by atoms with van der Waals surface area (Å²) in [6.07, 6.45) is 4.27. The molecule has 0 saturated carbocycles. The van der Waals surface area contributed by atoms with E-state index in [1.165, 1.54) is 6.92 Å². The minimum Gasteiger partial charge on any atom is -0.291 e. The summed E-state index contributed by atoms with van der Waals surface area (Å²) >= 11 is 0. The van der Waals surface area contributed by atoms with Crippen molar-refractivity contribution in [1.29, 1.82) is 0 Å². The van der Waals surface area contributed by atoms with Gasteiger partial charge >= 0.3 is 0 Å². The van der Waals surface area contributed by atoms with Crippen LogP contribution in [0.4, 0.5) is 0 Å². The number of hydrogen-bond donors (Lipinski definition) is 0. The SMILES string of the molecule is CCc1cnc(C(C)=O)nc1. The van der Waals surface area contributed by atoms with Crippen molar-refractivity contribution in [3.05, 3.63) is 23.8 Å². The molecule has 0 fully saturated rings. The lowest BCUT2D eigenvalue weighted by Crippen LogP contribution is -2.00. The number of rotatable bonds is 2. The lowest BCUT2D eigenvalue weighted by atomic mass is 10.3. The van der Waals surface area contributed by atoms with Gasteiger partial charge in [0.25, 0.3) is 0 Å². The van der Waals surface area contributed by atoms with Gasteiger partial charge in [0.2, 0.25) is 0 Å². The summed E-state index contributed by atoms with van der Waals surface area (Å²) < 4.78 is 0. The molecule has 1 aromatic heterocycles. The van der Waals surface area contributed by atoms with Crippen molar-refractivity contribution in [3.8, 4) is 0 Å². The average molecular weight is 150 g/mol. The van der Waals surface area contributed by atoms with Gasteiger partial charge in [-0.15, -0.1) is 0 Å². The molecule has 0 unspecified atom stereocenters. The van der Waals surface area contributed by atoms with Gasteiger partial charge < -0.3 is 0 Å². The topological polar surface area (TPSA) is 42.9 Å². The zero-order valence-corrected chi connectivity index (χ0v) is 6.66. The number of Topliss-reactive ketones (excluding diaryl/α,β-unsaturated/α-hetero) is 1. The molecule has 0 atom stereocenters. The molecule has 0 radical (unpaired) electrons. The summed E-state index contributed by atoms with van der Waals surface area (Å²) in [6.45, 7) is 3.48. The van der Waals surface area contributed by atoms with E-state index in [9.17, 15) is 4.79 Å². The molecule has 0 spiro atoms. The van der Waals surface area contributed by atoms with Gasteiger partial charge in [-0.25, -0.2) is 9.97 Å². The first-order valence-electron chi connectivity index (χ1n) is 3.56. The van der Waals surface area contributed by atoms with E-state index in [0.29, 0.717) is 5.82 Å². The molecule has 11 heavy (non-hydrogen) atoms. The molecule has 0 aromatic carbocycles. The Morgan fingerprint density at radius 1 is 1.45 bits per heavy atom. The first-order valence-corrected chi connectivity index (χ1v) is 3.56. The fourth-order valence-electron chi connectivity index (χ4n) is 0.719. The Morgan fingerprint density at radius 2 is 2.00 bits per heavy atom. The first kappa shape index (κ1) is 7.85. The highest BCUT2D eigenvalue weighted by Crippen LogP contribution is 1.96. The summed E-state index contributed by atoms with van der Waals surface area (Å²) in [5.41, 5.74) is 1.05. The maximum absolute atomic E-state index is 10.7. The maximum atomic E-state index is 10.7. The highest BCUT2D eigenvalue weighted by atomic mass is 16.1. The normalized spacial score (nSPS) is 9.64. The molecular formula is C8H10N2O. The lowest BCUT2D eigenvalue weighted by Gasteiger charge is -1.95. The molecular weight excluding hydrogens is 140 g/mol. The Balaban J connectivity index is 2.91. The van der Waals surface area contributed by atoms with Crippen LogP contribution in [-0.4, -0.2) is 15.8 Å². The maximum Gasteiger partial charge on any atom is 0.196 e. The average Bonchev–Trinajstić information content (AvgIpc) is 2.05. The summed E-state index contributed by atoms with van der Waals surface area (Å²) in [7, 11) is 0. The fourth-order valence-corrected chi connectivity index (χ4v) is 0.719. The molecule has 0 bridgehead atoms. The van der Waals surface area contributed by atoms with Crippen LogP contribution in [0.1, 0.15) is 30.0 Å². The van der Waals surface area contributed by atoms with Crippen LogP contribution in [0.2, 0.25) is 0 Å². The Labute approximate surface area is 65.5 Å². The van der Waals surface area contributed by atoms with Crippen LogP contribution < -0.4 is 0 Å². The zero-order chi connectivity index (χ0) is 8.27. The van der Waals surface area contributed by atoms with Gasteiger partial charge in [0.15, 0.2) is 11.6 Å². The van der Waals surface area contributed by atoms with E-state index >= 15 is 0 Å². The minimum atomic E-state index is -0.0901. The third kappa shape index (κ3) is 1.83. The third-order valence-electron chi connectivity index (χ3n) is 1.43. The second-order valence-corrected chi connectivity index (χ2v) is 2.32. The standard InChI is InChI=1S/C8H10N2O/c1-3-7-4-9-8(6(2)11)10-5-7/h4-5H,3H2,1-2H3. The molecule has 1 aromatic rings. The van der Waals surface area contributed by atoms with Gasteiger partial charge in [0.1, 0.15) is 0 Å². The Hall–Kier alpha value is -1.25. The van der Waals surface area contributed by atoms with E-state index in [4.69, 9.17) is 0 Å². The summed E-state index contributed by atoms with van der Waals surface area (Å²) in [5, 5.41) is 0. The van der Waals surface area contributed by atoms with Crippen LogP contribution in [0.15, 0.2) is 12.4 Å². The van der Waals surface area contributed by atoms with E-state index in [1.807, 2.05) is 6.92 Å². The summed E-state index contributed by atoms with van der Waals surface area (Å²) in [6, 6.07) is 0. The Bertz CT molecular complexity index is 253. The minimum absolute atomic E-state index is 0.0901. The second-order valence-electron chi connectivity index (χ2n) is 2.32. The van der Waals surface area contributed by atoms with Crippen LogP contribution in [0.5, 0.6) is 0 Å². The molecule has 58 valence electrons. The molecule has 0 aliphatic carbocycles. The van der Waals surface area contributed by atoms with Crippen LogP contribution in [0, 0.1) is 0 Å². The van der Waals surface area contributed by atoms with Crippen LogP contribution in [-0.2, 0) is 6.42 Å². The first-order chi connectivity index (χ1) is 5.24. The molecule has 3 nitrogen and oxygen atoms in total. The van der Waals surface area contributed by atoms with Crippen molar-refractivity contribution >= 4 is 5.78 Å². The number of nitrogens with zero attached hydrogens (tertiary/aromatic N) is 2. The smallest absolute Gasteiger partial charge is 0.196 e. The van der Waals surface area contributed by atoms with Crippen LogP contribution in [0.3, 0.4) is 0 Å². The van der Waals surface area contributed by atoms with E-state index < -0.39 is 0 Å². The third-order valence-corrected chi connectivity index (χ3v) is 1.43. The predicted octanol–water partition coefficient (Wildman–Crippen LogP) is 1.24. The quantitative estimate of drug-likeness (QED) is 0.596. The fraction of sp³-hybridized carbons (Fsp3) is 0.375. The lowest BCUT2D eigenvalue weighted by molar-refractivity contribution is 0.100. The molecule has 1 heterocycles. The Kier molecular flexibility index (Phi) is 2.31. The molecule has 0 amide bonds. The van der Waals surface area contributed by atoms with Gasteiger partial charge in [0.05, 0.1) is 0 Å². The second kappa shape index (κ2) is 3.23. The largest absolute Gasteiger partial charge is 0.291 e. The van der Waals surface area contributed by atoms with Crippen LogP contribution in [0.25, 0.3) is 0 Å². The number of hydrogen-bond acceptors (Lipinski definition) is 3. The van der Waals surface area contributed by atoms with E-state index in [0.717, 1.165) is 12.0 Å². The van der Waals surface area contributed by atoms with Crippen LogP contribution >= 0.6 is 0 Å². The Morgan fingerprint density at radius 3 is 2.36 bits per heavy atom. The van der Waals surface area contributed by atoms with Crippen molar-refractivity contribution in [2.24, 2.45) is 0 Å². The monoisotopic (exact) mass is 150 g/mol. The van der Waals surface area contributed by atoms with Crippen molar-refractivity contribution in [1.82, 2.24) is 9.97 Å². The van der Waals surface area contributed by atoms with Gasteiger partial charge in [-0.05, 0) is 12.0 Å². The number of aromatic nitrogens is 2. The molecule has 0 saturated heterocycles.